The molecule has 0 aromatic carbocycles. The predicted molar refractivity (Wildman–Crippen MR) is 63.4 cm³/mol. The van der Waals surface area contributed by atoms with Crippen molar-refractivity contribution in [3.63, 3.8) is 0 Å². The molecule has 2 heteroatoms. The van der Waals surface area contributed by atoms with Crippen LogP contribution in [0.4, 0.5) is 0 Å². The molecule has 0 aliphatic rings. The minimum Gasteiger partial charge on any atom is -0.459 e. The van der Waals surface area contributed by atoms with E-state index in [0.29, 0.717) is 5.92 Å². The maximum absolute atomic E-state index is 5.90. The van der Waals surface area contributed by atoms with Gasteiger partial charge >= 0.3 is 0 Å². The number of aromatic nitrogens is 1. The van der Waals surface area contributed by atoms with Gasteiger partial charge < -0.3 is 9.40 Å². The number of furan rings is 1. The Kier molecular flexibility index (Phi) is 2.18. The highest BCUT2D eigenvalue weighted by molar-refractivity contribution is 5.80. The maximum atomic E-state index is 5.90. The fourth-order valence-corrected chi connectivity index (χ4v) is 2.08. The van der Waals surface area contributed by atoms with Crippen LogP contribution in [0.1, 0.15) is 51.9 Å². The third-order valence-corrected chi connectivity index (χ3v) is 2.70. The zero-order valence-corrected chi connectivity index (χ0v) is 10.1. The lowest BCUT2D eigenvalue weighted by Crippen LogP contribution is -2.13. The molecule has 2 heterocycles. The van der Waals surface area contributed by atoms with Crippen molar-refractivity contribution in [2.45, 2.75) is 46.0 Å². The van der Waals surface area contributed by atoms with E-state index in [1.807, 2.05) is 12.3 Å². The molecule has 0 bridgehead atoms. The van der Waals surface area contributed by atoms with Crippen molar-refractivity contribution in [3.8, 4) is 0 Å². The van der Waals surface area contributed by atoms with E-state index in [-0.39, 0.29) is 5.41 Å². The fraction of sp³-hybridized carbons (Fsp3) is 0.538. The van der Waals surface area contributed by atoms with Crippen molar-refractivity contribution in [1.29, 1.82) is 0 Å². The van der Waals surface area contributed by atoms with Gasteiger partial charge in [-0.3, -0.25) is 0 Å². The van der Waals surface area contributed by atoms with Crippen LogP contribution < -0.4 is 0 Å². The summed E-state index contributed by atoms with van der Waals surface area (Å²) in [6, 6.07) is 2.00. The van der Waals surface area contributed by atoms with Gasteiger partial charge in [0.05, 0.1) is 5.52 Å². The van der Waals surface area contributed by atoms with Crippen LogP contribution in [0.2, 0.25) is 0 Å². The molecule has 2 aromatic heterocycles. The van der Waals surface area contributed by atoms with E-state index >= 15 is 0 Å². The van der Waals surface area contributed by atoms with Crippen molar-refractivity contribution < 1.29 is 4.42 Å². The van der Waals surface area contributed by atoms with Gasteiger partial charge in [0.2, 0.25) is 0 Å². The summed E-state index contributed by atoms with van der Waals surface area (Å²) in [5.74, 6) is 1.55. The lowest BCUT2D eigenvalue weighted by Gasteiger charge is -2.20. The molecular formula is C13H19NO. The fourth-order valence-electron chi connectivity index (χ4n) is 2.08. The highest BCUT2D eigenvalue weighted by Gasteiger charge is 2.27. The van der Waals surface area contributed by atoms with E-state index in [9.17, 15) is 0 Å². The SMILES string of the molecule is CC(C)c1oc2cc[nH]c2c1C(C)(C)C. The van der Waals surface area contributed by atoms with Crippen molar-refractivity contribution in [2.75, 3.05) is 0 Å². The van der Waals surface area contributed by atoms with Gasteiger partial charge in [-0.05, 0) is 11.5 Å². The Bertz CT molecular complexity index is 468. The Morgan fingerprint density at radius 1 is 1.27 bits per heavy atom. The summed E-state index contributed by atoms with van der Waals surface area (Å²) in [6.45, 7) is 11.0. The topological polar surface area (TPSA) is 28.9 Å². The zero-order valence-electron chi connectivity index (χ0n) is 10.1. The third-order valence-electron chi connectivity index (χ3n) is 2.70. The Labute approximate surface area is 90.7 Å². The van der Waals surface area contributed by atoms with Crippen molar-refractivity contribution >= 4 is 11.1 Å². The van der Waals surface area contributed by atoms with Crippen molar-refractivity contribution in [1.82, 2.24) is 4.98 Å². The van der Waals surface area contributed by atoms with Crippen LogP contribution in [-0.2, 0) is 5.41 Å². The van der Waals surface area contributed by atoms with Crippen LogP contribution in [0.15, 0.2) is 16.7 Å². The van der Waals surface area contributed by atoms with Gasteiger partial charge in [-0.1, -0.05) is 34.6 Å². The number of rotatable bonds is 1. The zero-order chi connectivity index (χ0) is 11.2. The third kappa shape index (κ3) is 1.58. The molecule has 0 atom stereocenters. The lowest BCUT2D eigenvalue weighted by atomic mass is 9.84. The molecule has 2 nitrogen and oxygen atoms in total. The van der Waals surface area contributed by atoms with Crippen molar-refractivity contribution in [3.05, 3.63) is 23.6 Å². The van der Waals surface area contributed by atoms with E-state index in [4.69, 9.17) is 4.42 Å². The molecule has 0 amide bonds. The number of hydrogen-bond acceptors (Lipinski definition) is 1. The van der Waals surface area contributed by atoms with Gasteiger partial charge in [0, 0.05) is 17.7 Å². The molecule has 82 valence electrons. The first-order chi connectivity index (χ1) is 6.91. The van der Waals surface area contributed by atoms with Crippen LogP contribution in [0.3, 0.4) is 0 Å². The second-order valence-electron chi connectivity index (χ2n) is 5.46. The maximum Gasteiger partial charge on any atom is 0.152 e. The van der Waals surface area contributed by atoms with Crippen LogP contribution in [0.25, 0.3) is 11.1 Å². The van der Waals surface area contributed by atoms with E-state index < -0.39 is 0 Å². The van der Waals surface area contributed by atoms with Gasteiger partial charge in [-0.2, -0.15) is 0 Å². The molecule has 0 radical (unpaired) electrons. The molecule has 0 aliphatic carbocycles. The molecule has 15 heavy (non-hydrogen) atoms. The molecule has 0 aliphatic heterocycles. The van der Waals surface area contributed by atoms with E-state index in [1.54, 1.807) is 0 Å². The summed E-state index contributed by atoms with van der Waals surface area (Å²) in [5.41, 5.74) is 3.57. The summed E-state index contributed by atoms with van der Waals surface area (Å²) in [6.07, 6.45) is 1.94. The van der Waals surface area contributed by atoms with Crippen LogP contribution in [-0.4, -0.2) is 4.98 Å². The van der Waals surface area contributed by atoms with Gasteiger partial charge in [0.15, 0.2) is 5.58 Å². The lowest BCUT2D eigenvalue weighted by molar-refractivity contribution is 0.486. The minimum atomic E-state index is 0.121. The number of aromatic amines is 1. The summed E-state index contributed by atoms with van der Waals surface area (Å²) >= 11 is 0. The first kappa shape index (κ1) is 10.3. The quantitative estimate of drug-likeness (QED) is 0.743. The first-order valence-electron chi connectivity index (χ1n) is 5.51. The van der Waals surface area contributed by atoms with Crippen molar-refractivity contribution in [2.24, 2.45) is 0 Å². The molecular weight excluding hydrogens is 186 g/mol. The molecule has 2 aromatic rings. The van der Waals surface area contributed by atoms with Crippen LogP contribution >= 0.6 is 0 Å². The number of fused-ring (bicyclic) bond motifs is 1. The average molecular weight is 205 g/mol. The van der Waals surface area contributed by atoms with E-state index in [2.05, 4.69) is 39.6 Å². The molecule has 0 unspecified atom stereocenters. The van der Waals surface area contributed by atoms with E-state index in [0.717, 1.165) is 16.9 Å². The minimum absolute atomic E-state index is 0.121. The summed E-state index contributed by atoms with van der Waals surface area (Å²) < 4.78 is 5.90. The highest BCUT2D eigenvalue weighted by Crippen LogP contribution is 2.37. The average Bonchev–Trinajstić information content (AvgIpc) is 2.56. The van der Waals surface area contributed by atoms with E-state index in [1.165, 1.54) is 5.56 Å². The van der Waals surface area contributed by atoms with Gasteiger partial charge in [0.25, 0.3) is 0 Å². The first-order valence-corrected chi connectivity index (χ1v) is 5.51. The molecule has 2 rings (SSSR count). The monoisotopic (exact) mass is 205 g/mol. The van der Waals surface area contributed by atoms with Crippen LogP contribution in [0.5, 0.6) is 0 Å². The Balaban J connectivity index is 2.75. The standard InChI is InChI=1S/C13H19NO/c1-8(2)12-10(13(3,4)5)11-9(15-12)6-7-14-11/h6-8,14H,1-5H3. The number of hydrogen-bond donors (Lipinski definition) is 1. The smallest absolute Gasteiger partial charge is 0.152 e. The van der Waals surface area contributed by atoms with Gasteiger partial charge in [-0.25, -0.2) is 0 Å². The largest absolute Gasteiger partial charge is 0.459 e. The summed E-state index contributed by atoms with van der Waals surface area (Å²) in [7, 11) is 0. The predicted octanol–water partition coefficient (Wildman–Crippen LogP) is 4.18. The van der Waals surface area contributed by atoms with Gasteiger partial charge in [0.1, 0.15) is 5.76 Å². The Morgan fingerprint density at radius 3 is 2.47 bits per heavy atom. The Hall–Kier alpha value is -1.18. The summed E-state index contributed by atoms with van der Waals surface area (Å²) in [5, 5.41) is 0. The molecule has 0 fully saturated rings. The number of H-pyrrole nitrogens is 1. The van der Waals surface area contributed by atoms with Crippen LogP contribution in [0, 0.1) is 0 Å². The normalized spacial score (nSPS) is 12.9. The second kappa shape index (κ2) is 3.16. The van der Waals surface area contributed by atoms with Gasteiger partial charge in [-0.15, -0.1) is 0 Å². The Morgan fingerprint density at radius 2 is 1.93 bits per heavy atom. The molecule has 0 saturated carbocycles. The molecule has 0 saturated heterocycles. The second-order valence-corrected chi connectivity index (χ2v) is 5.46. The molecule has 0 spiro atoms. The summed E-state index contributed by atoms with van der Waals surface area (Å²) in [4.78, 5) is 3.28. The molecule has 1 N–H and O–H groups in total. The number of nitrogens with one attached hydrogen (secondary N) is 1. The highest BCUT2D eigenvalue weighted by atomic mass is 16.3.